The summed E-state index contributed by atoms with van der Waals surface area (Å²) in [7, 11) is 3.08. The van der Waals surface area contributed by atoms with Gasteiger partial charge in [-0.2, -0.15) is 0 Å². The van der Waals surface area contributed by atoms with Gasteiger partial charge in [0.2, 0.25) is 17.7 Å². The molecular formula is C22H31N3O5. The molecule has 1 saturated carbocycles. The molecule has 3 rings (SSSR count). The highest BCUT2D eigenvalue weighted by Crippen LogP contribution is 2.34. The predicted molar refractivity (Wildman–Crippen MR) is 113 cm³/mol. The van der Waals surface area contributed by atoms with E-state index in [9.17, 15) is 14.4 Å². The van der Waals surface area contributed by atoms with E-state index in [0.29, 0.717) is 17.2 Å². The lowest BCUT2D eigenvalue weighted by Crippen LogP contribution is -2.50. The Bertz CT molecular complexity index is 791. The lowest BCUT2D eigenvalue weighted by atomic mass is 9.95. The summed E-state index contributed by atoms with van der Waals surface area (Å²) in [6, 6.07) is 4.77. The number of carbonyl (C=O) groups is 3. The van der Waals surface area contributed by atoms with Gasteiger partial charge in [-0.15, -0.1) is 0 Å². The first-order chi connectivity index (χ1) is 14.4. The number of methoxy groups -OCH3 is 2. The minimum absolute atomic E-state index is 0.108. The van der Waals surface area contributed by atoms with E-state index in [0.717, 1.165) is 25.7 Å². The Kier molecular flexibility index (Phi) is 7.18. The number of ether oxygens (including phenoxy) is 2. The van der Waals surface area contributed by atoms with Crippen molar-refractivity contribution in [3.8, 4) is 11.5 Å². The maximum Gasteiger partial charge on any atom is 0.242 e. The first kappa shape index (κ1) is 21.9. The number of hydrogen-bond donors (Lipinski definition) is 2. The van der Waals surface area contributed by atoms with E-state index in [4.69, 9.17) is 9.47 Å². The van der Waals surface area contributed by atoms with Crippen LogP contribution in [0.1, 0.15) is 45.4 Å². The predicted octanol–water partition coefficient (Wildman–Crippen LogP) is 2.01. The van der Waals surface area contributed by atoms with Crippen LogP contribution >= 0.6 is 0 Å². The van der Waals surface area contributed by atoms with Crippen LogP contribution < -0.4 is 25.0 Å². The van der Waals surface area contributed by atoms with E-state index >= 15 is 0 Å². The van der Waals surface area contributed by atoms with Gasteiger partial charge in [0, 0.05) is 30.8 Å². The molecule has 1 aliphatic heterocycles. The van der Waals surface area contributed by atoms with Crippen LogP contribution in [0.25, 0.3) is 0 Å². The lowest BCUT2D eigenvalue weighted by Gasteiger charge is -2.25. The molecular weight excluding hydrogens is 386 g/mol. The number of carbonyl (C=O) groups excluding carboxylic acids is 3. The summed E-state index contributed by atoms with van der Waals surface area (Å²) in [6.07, 6.45) is 5.55. The molecule has 1 aromatic carbocycles. The zero-order chi connectivity index (χ0) is 21.7. The molecule has 1 saturated heterocycles. The molecule has 2 fully saturated rings. The molecule has 1 heterocycles. The number of benzene rings is 1. The van der Waals surface area contributed by atoms with Crippen molar-refractivity contribution in [1.29, 1.82) is 0 Å². The monoisotopic (exact) mass is 417 g/mol. The number of rotatable bonds is 7. The molecule has 30 heavy (non-hydrogen) atoms. The van der Waals surface area contributed by atoms with Crippen LogP contribution in [0.15, 0.2) is 18.2 Å². The van der Waals surface area contributed by atoms with E-state index in [1.165, 1.54) is 13.5 Å². The van der Waals surface area contributed by atoms with Crippen LogP contribution in [0.4, 0.5) is 5.69 Å². The highest BCUT2D eigenvalue weighted by Gasteiger charge is 2.36. The molecule has 3 amide bonds. The molecule has 2 atom stereocenters. The van der Waals surface area contributed by atoms with Gasteiger partial charge in [0.05, 0.1) is 20.1 Å². The van der Waals surface area contributed by atoms with Crippen molar-refractivity contribution in [2.45, 2.75) is 57.5 Å². The van der Waals surface area contributed by atoms with Crippen LogP contribution in [0.2, 0.25) is 0 Å². The first-order valence-electron chi connectivity index (χ1n) is 10.6. The summed E-state index contributed by atoms with van der Waals surface area (Å²) in [5.74, 6) is -0.00477. The summed E-state index contributed by atoms with van der Waals surface area (Å²) >= 11 is 0. The van der Waals surface area contributed by atoms with Crippen molar-refractivity contribution in [2.75, 3.05) is 25.7 Å². The van der Waals surface area contributed by atoms with E-state index in [1.54, 1.807) is 37.1 Å². The summed E-state index contributed by atoms with van der Waals surface area (Å²) in [5.41, 5.74) is 0.649. The lowest BCUT2D eigenvalue weighted by molar-refractivity contribution is -0.131. The molecule has 2 unspecified atom stereocenters. The molecule has 2 N–H and O–H groups in total. The van der Waals surface area contributed by atoms with Crippen LogP contribution in [0.3, 0.4) is 0 Å². The fourth-order valence-corrected chi connectivity index (χ4v) is 4.10. The van der Waals surface area contributed by atoms with E-state index in [-0.39, 0.29) is 36.7 Å². The summed E-state index contributed by atoms with van der Waals surface area (Å²) in [5, 5.41) is 5.79. The van der Waals surface area contributed by atoms with Gasteiger partial charge in [-0.25, -0.2) is 0 Å². The molecule has 164 valence electrons. The number of amides is 3. The van der Waals surface area contributed by atoms with Crippen molar-refractivity contribution in [1.82, 2.24) is 10.6 Å². The largest absolute Gasteiger partial charge is 0.493 e. The maximum absolute atomic E-state index is 12.7. The first-order valence-corrected chi connectivity index (χ1v) is 10.6. The summed E-state index contributed by atoms with van der Waals surface area (Å²) in [6.45, 7) is 1.94. The average molecular weight is 418 g/mol. The van der Waals surface area contributed by atoms with Crippen LogP contribution in [-0.2, 0) is 14.4 Å². The van der Waals surface area contributed by atoms with E-state index < -0.39 is 12.0 Å². The minimum atomic E-state index is -0.635. The second kappa shape index (κ2) is 9.82. The fourth-order valence-electron chi connectivity index (χ4n) is 4.10. The molecule has 1 aliphatic carbocycles. The SMILES string of the molecule is COc1ccc(N2CC(C(=O)NC(C)C(=O)NC3CCCCC3)CC2=O)cc1OC. The Hall–Kier alpha value is -2.77. The third-order valence-corrected chi connectivity index (χ3v) is 5.88. The van der Waals surface area contributed by atoms with Crippen molar-refractivity contribution in [2.24, 2.45) is 5.92 Å². The highest BCUT2D eigenvalue weighted by molar-refractivity contribution is 6.01. The summed E-state index contributed by atoms with van der Waals surface area (Å²) in [4.78, 5) is 39.2. The Morgan fingerprint density at radius 3 is 2.47 bits per heavy atom. The van der Waals surface area contributed by atoms with Gasteiger partial charge in [-0.1, -0.05) is 19.3 Å². The topological polar surface area (TPSA) is 97.0 Å². The molecule has 1 aromatic rings. The van der Waals surface area contributed by atoms with Crippen molar-refractivity contribution < 1.29 is 23.9 Å². The zero-order valence-electron chi connectivity index (χ0n) is 17.9. The second-order valence-electron chi connectivity index (χ2n) is 8.02. The highest BCUT2D eigenvalue weighted by atomic mass is 16.5. The molecule has 8 heteroatoms. The van der Waals surface area contributed by atoms with Crippen LogP contribution in [0.5, 0.6) is 11.5 Å². The molecule has 0 spiro atoms. The van der Waals surface area contributed by atoms with Crippen LogP contribution in [-0.4, -0.2) is 50.6 Å². The quantitative estimate of drug-likeness (QED) is 0.707. The van der Waals surface area contributed by atoms with Gasteiger partial charge >= 0.3 is 0 Å². The smallest absolute Gasteiger partial charge is 0.242 e. The normalized spacial score (nSPS) is 20.6. The van der Waals surface area contributed by atoms with Crippen molar-refractivity contribution in [3.05, 3.63) is 18.2 Å². The van der Waals surface area contributed by atoms with Crippen LogP contribution in [0, 0.1) is 5.92 Å². The number of hydrogen-bond acceptors (Lipinski definition) is 5. The van der Waals surface area contributed by atoms with E-state index in [2.05, 4.69) is 10.6 Å². The molecule has 2 aliphatic rings. The number of anilines is 1. The van der Waals surface area contributed by atoms with Gasteiger partial charge in [0.25, 0.3) is 0 Å². The van der Waals surface area contributed by atoms with Crippen molar-refractivity contribution in [3.63, 3.8) is 0 Å². The number of nitrogens with zero attached hydrogens (tertiary/aromatic N) is 1. The summed E-state index contributed by atoms with van der Waals surface area (Å²) < 4.78 is 10.5. The Balaban J connectivity index is 1.57. The van der Waals surface area contributed by atoms with Crippen molar-refractivity contribution >= 4 is 23.4 Å². The molecule has 0 bridgehead atoms. The molecule has 0 aromatic heterocycles. The van der Waals surface area contributed by atoms with Gasteiger partial charge in [0.1, 0.15) is 6.04 Å². The maximum atomic E-state index is 12.7. The second-order valence-corrected chi connectivity index (χ2v) is 8.02. The Morgan fingerprint density at radius 2 is 1.80 bits per heavy atom. The van der Waals surface area contributed by atoms with Gasteiger partial charge in [0.15, 0.2) is 11.5 Å². The van der Waals surface area contributed by atoms with E-state index in [1.807, 2.05) is 0 Å². The van der Waals surface area contributed by atoms with Gasteiger partial charge in [-0.3, -0.25) is 14.4 Å². The van der Waals surface area contributed by atoms with Gasteiger partial charge in [-0.05, 0) is 31.9 Å². The Morgan fingerprint density at radius 1 is 1.10 bits per heavy atom. The third-order valence-electron chi connectivity index (χ3n) is 5.88. The molecule has 8 nitrogen and oxygen atoms in total. The average Bonchev–Trinajstić information content (AvgIpc) is 3.15. The number of nitrogens with one attached hydrogen (secondary N) is 2. The Labute approximate surface area is 177 Å². The standard InChI is InChI=1S/C22H31N3O5/c1-14(21(27)24-16-7-5-4-6-8-16)23-22(28)15-11-20(26)25(13-15)17-9-10-18(29-2)19(12-17)30-3/h9-10,12,14-16H,4-8,11,13H2,1-3H3,(H,23,28)(H,24,27). The molecule has 0 radical (unpaired) electrons. The van der Waals surface area contributed by atoms with Gasteiger partial charge < -0.3 is 25.0 Å². The zero-order valence-corrected chi connectivity index (χ0v) is 17.9. The minimum Gasteiger partial charge on any atom is -0.493 e. The fraction of sp³-hybridized carbons (Fsp3) is 0.591. The third kappa shape index (κ3) is 5.04.